The number of fused-ring (bicyclic) bond motifs is 2. The van der Waals surface area contributed by atoms with E-state index in [2.05, 4.69) is 24.1 Å². The first kappa shape index (κ1) is 11.4. The van der Waals surface area contributed by atoms with Crippen molar-refractivity contribution in [3.05, 3.63) is 0 Å². The summed E-state index contributed by atoms with van der Waals surface area (Å²) in [6.45, 7) is 7.28. The van der Waals surface area contributed by atoms with E-state index in [-0.39, 0.29) is 0 Å². The third-order valence-corrected chi connectivity index (χ3v) is 4.00. The van der Waals surface area contributed by atoms with Gasteiger partial charge in [-0.2, -0.15) is 0 Å². The maximum Gasteiger partial charge on any atom is 0.0803 e. The molecule has 0 saturated carbocycles. The number of nitrogens with one attached hydrogen (secondary N) is 1. The van der Waals surface area contributed by atoms with E-state index in [0.29, 0.717) is 12.1 Å². The number of hydrogen-bond donors (Lipinski definition) is 2. The van der Waals surface area contributed by atoms with E-state index >= 15 is 0 Å². The lowest BCUT2D eigenvalue weighted by atomic mass is 9.87. The maximum atomic E-state index is 10.6. The smallest absolute Gasteiger partial charge is 0.0803 e. The molecule has 2 fully saturated rings. The van der Waals surface area contributed by atoms with E-state index < -0.39 is 5.60 Å². The fourth-order valence-corrected chi connectivity index (χ4v) is 3.22. The summed E-state index contributed by atoms with van der Waals surface area (Å²) in [5.74, 6) is 0. The molecule has 2 unspecified atom stereocenters. The van der Waals surface area contributed by atoms with Crippen molar-refractivity contribution in [3.8, 4) is 0 Å². The zero-order valence-corrected chi connectivity index (χ0v) is 10.00. The number of rotatable bonds is 4. The normalized spacial score (nSPS) is 40.0. The fourth-order valence-electron chi connectivity index (χ4n) is 3.22. The van der Waals surface area contributed by atoms with Gasteiger partial charge in [0.2, 0.25) is 0 Å². The summed E-state index contributed by atoms with van der Waals surface area (Å²) in [5, 5.41) is 14.2. The van der Waals surface area contributed by atoms with Gasteiger partial charge in [-0.25, -0.2) is 0 Å². The van der Waals surface area contributed by atoms with Gasteiger partial charge in [0.1, 0.15) is 0 Å². The van der Waals surface area contributed by atoms with Crippen LogP contribution >= 0.6 is 0 Å². The topological polar surface area (TPSA) is 35.5 Å². The lowest BCUT2D eigenvalue weighted by Crippen LogP contribution is -2.53. The van der Waals surface area contributed by atoms with Crippen molar-refractivity contribution in [2.24, 2.45) is 0 Å². The van der Waals surface area contributed by atoms with Crippen molar-refractivity contribution in [1.29, 1.82) is 0 Å². The molecule has 3 heteroatoms. The van der Waals surface area contributed by atoms with Gasteiger partial charge in [-0.05, 0) is 38.8 Å². The summed E-state index contributed by atoms with van der Waals surface area (Å²) in [7, 11) is 0. The van der Waals surface area contributed by atoms with Crippen LogP contribution in [0.2, 0.25) is 0 Å². The maximum absolute atomic E-state index is 10.6. The Morgan fingerprint density at radius 1 is 1.20 bits per heavy atom. The van der Waals surface area contributed by atoms with Gasteiger partial charge >= 0.3 is 0 Å². The van der Waals surface area contributed by atoms with Crippen LogP contribution in [-0.2, 0) is 0 Å². The zero-order chi connectivity index (χ0) is 10.9. The Morgan fingerprint density at radius 2 is 1.73 bits per heavy atom. The molecule has 0 amide bonds. The molecule has 3 nitrogen and oxygen atoms in total. The first-order valence-electron chi connectivity index (χ1n) is 6.36. The highest BCUT2D eigenvalue weighted by atomic mass is 16.3. The minimum absolute atomic E-state index is 0.427. The van der Waals surface area contributed by atoms with Crippen LogP contribution in [0, 0.1) is 0 Å². The molecule has 15 heavy (non-hydrogen) atoms. The van der Waals surface area contributed by atoms with Crippen LogP contribution in [0.4, 0.5) is 0 Å². The minimum atomic E-state index is -0.427. The quantitative estimate of drug-likeness (QED) is 0.729. The third-order valence-electron chi connectivity index (χ3n) is 4.00. The lowest BCUT2D eigenvalue weighted by molar-refractivity contribution is -0.0327. The Labute approximate surface area is 92.8 Å². The number of nitrogens with zero attached hydrogens (tertiary/aromatic N) is 1. The van der Waals surface area contributed by atoms with Gasteiger partial charge in [0.15, 0.2) is 0 Å². The molecule has 2 saturated heterocycles. The fraction of sp³-hybridized carbons (Fsp3) is 1.00. The van der Waals surface area contributed by atoms with Gasteiger partial charge in [-0.3, -0.25) is 0 Å². The highest BCUT2D eigenvalue weighted by Crippen LogP contribution is 2.34. The molecule has 0 aromatic carbocycles. The predicted octanol–water partition coefficient (Wildman–Crippen LogP) is 0.974. The number of hydrogen-bond acceptors (Lipinski definition) is 3. The number of piperidine rings is 1. The molecule has 2 N–H and O–H groups in total. The van der Waals surface area contributed by atoms with Crippen LogP contribution in [-0.4, -0.2) is 47.3 Å². The Balaban J connectivity index is 1.94. The molecule has 2 aliphatic rings. The monoisotopic (exact) mass is 212 g/mol. The second-order valence-corrected chi connectivity index (χ2v) is 5.23. The summed E-state index contributed by atoms with van der Waals surface area (Å²) >= 11 is 0. The van der Waals surface area contributed by atoms with E-state index in [4.69, 9.17) is 0 Å². The molecule has 0 aliphatic carbocycles. The van der Waals surface area contributed by atoms with Crippen LogP contribution in [0.1, 0.15) is 39.5 Å². The minimum Gasteiger partial charge on any atom is -0.388 e. The first-order chi connectivity index (χ1) is 7.15. The highest BCUT2D eigenvalue weighted by molar-refractivity contribution is 5.01. The average molecular weight is 212 g/mol. The predicted molar refractivity (Wildman–Crippen MR) is 61.9 cm³/mol. The zero-order valence-electron chi connectivity index (χ0n) is 10.00. The van der Waals surface area contributed by atoms with Gasteiger partial charge in [0, 0.05) is 18.6 Å². The average Bonchev–Trinajstić information content (AvgIpc) is 2.55. The Hall–Kier alpha value is -0.120. The third kappa shape index (κ3) is 2.52. The number of likely N-dealkylation sites (N-methyl/N-ethyl adjacent to an activating group) is 1. The molecule has 0 aromatic rings. The molecule has 2 atom stereocenters. The van der Waals surface area contributed by atoms with Crippen molar-refractivity contribution >= 4 is 0 Å². The van der Waals surface area contributed by atoms with E-state index in [9.17, 15) is 5.11 Å². The van der Waals surface area contributed by atoms with Gasteiger partial charge in [-0.1, -0.05) is 13.8 Å². The Morgan fingerprint density at radius 3 is 2.20 bits per heavy atom. The van der Waals surface area contributed by atoms with Crippen molar-refractivity contribution in [2.45, 2.75) is 57.2 Å². The molecular formula is C12H24N2O. The molecule has 2 heterocycles. The van der Waals surface area contributed by atoms with Crippen molar-refractivity contribution in [3.63, 3.8) is 0 Å². The SMILES string of the molecule is CCN(CC)CC1(O)CC2CCC(C1)N2. The van der Waals surface area contributed by atoms with E-state index in [0.717, 1.165) is 32.5 Å². The van der Waals surface area contributed by atoms with Crippen LogP contribution in [0.5, 0.6) is 0 Å². The van der Waals surface area contributed by atoms with Crippen molar-refractivity contribution in [2.75, 3.05) is 19.6 Å². The van der Waals surface area contributed by atoms with Gasteiger partial charge < -0.3 is 15.3 Å². The molecule has 88 valence electrons. The van der Waals surface area contributed by atoms with Crippen LogP contribution in [0.15, 0.2) is 0 Å². The van der Waals surface area contributed by atoms with Crippen molar-refractivity contribution < 1.29 is 5.11 Å². The lowest BCUT2D eigenvalue weighted by Gasteiger charge is -2.40. The molecule has 2 aliphatic heterocycles. The Kier molecular flexibility index (Phi) is 3.33. The summed E-state index contributed by atoms with van der Waals surface area (Å²) < 4.78 is 0. The van der Waals surface area contributed by atoms with Gasteiger partial charge in [-0.15, -0.1) is 0 Å². The summed E-state index contributed by atoms with van der Waals surface area (Å²) in [5.41, 5.74) is -0.427. The van der Waals surface area contributed by atoms with Crippen molar-refractivity contribution in [1.82, 2.24) is 10.2 Å². The molecule has 0 spiro atoms. The Bertz CT molecular complexity index is 204. The summed E-state index contributed by atoms with van der Waals surface area (Å²) in [4.78, 5) is 2.34. The molecule has 2 bridgehead atoms. The second kappa shape index (κ2) is 4.40. The summed E-state index contributed by atoms with van der Waals surface area (Å²) in [6.07, 6.45) is 4.40. The largest absolute Gasteiger partial charge is 0.388 e. The molecular weight excluding hydrogens is 188 g/mol. The van der Waals surface area contributed by atoms with Crippen LogP contribution in [0.25, 0.3) is 0 Å². The number of aliphatic hydroxyl groups is 1. The molecule has 0 radical (unpaired) electrons. The molecule has 0 aromatic heterocycles. The van der Waals surface area contributed by atoms with E-state index in [1.807, 2.05) is 0 Å². The summed E-state index contributed by atoms with van der Waals surface area (Å²) in [6, 6.07) is 1.15. The standard InChI is InChI=1S/C12H24N2O/c1-3-14(4-2)9-12(15)7-10-5-6-11(8-12)13-10/h10-11,13,15H,3-9H2,1-2H3. The van der Waals surface area contributed by atoms with E-state index in [1.165, 1.54) is 12.8 Å². The molecule has 2 rings (SSSR count). The first-order valence-corrected chi connectivity index (χ1v) is 6.36. The highest BCUT2D eigenvalue weighted by Gasteiger charge is 2.42. The van der Waals surface area contributed by atoms with Gasteiger partial charge in [0.05, 0.1) is 5.60 Å². The van der Waals surface area contributed by atoms with Crippen LogP contribution < -0.4 is 5.32 Å². The van der Waals surface area contributed by atoms with E-state index in [1.54, 1.807) is 0 Å². The van der Waals surface area contributed by atoms with Crippen LogP contribution in [0.3, 0.4) is 0 Å². The second-order valence-electron chi connectivity index (χ2n) is 5.23. The van der Waals surface area contributed by atoms with Gasteiger partial charge in [0.25, 0.3) is 0 Å².